The quantitative estimate of drug-likeness (QED) is 0.382. The number of carbonyl (C=O) groups excluding carboxylic acids is 1. The lowest BCUT2D eigenvalue weighted by Crippen LogP contribution is -2.38. The minimum absolute atomic E-state index is 0.0900. The Kier molecular flexibility index (Phi) is 6.94. The average Bonchev–Trinajstić information content (AvgIpc) is 3.28. The predicted molar refractivity (Wildman–Crippen MR) is 130 cm³/mol. The van der Waals surface area contributed by atoms with Crippen molar-refractivity contribution in [1.29, 1.82) is 0 Å². The van der Waals surface area contributed by atoms with Gasteiger partial charge in [-0.25, -0.2) is 14.2 Å². The molecule has 1 amide bonds. The number of hydrogen-bond donors (Lipinski definition) is 1. The minimum atomic E-state index is -0.597. The number of aromatic nitrogens is 3. The molecule has 1 N–H and O–H groups in total. The molecule has 0 atom stereocenters. The Hall–Kier alpha value is -3.31. The number of pyridine rings is 1. The van der Waals surface area contributed by atoms with Crippen LogP contribution in [0.15, 0.2) is 56.8 Å². The number of fused-ring (bicyclic) bond motifs is 1. The SMILES string of the molecule is CCOc1cc(CNC(=O)c2cn3c(=O)n(Cc4ccc(Br)c(F)c4)c(=O)c(C)c3s2)ccn1. The summed E-state index contributed by atoms with van der Waals surface area (Å²) in [5, 5.41) is 2.81. The normalized spacial score (nSPS) is 11.1. The van der Waals surface area contributed by atoms with Gasteiger partial charge in [0, 0.05) is 30.6 Å². The molecule has 0 saturated heterocycles. The Morgan fingerprint density at radius 3 is 2.76 bits per heavy atom. The van der Waals surface area contributed by atoms with E-state index in [1.807, 2.05) is 6.92 Å². The second-order valence-corrected chi connectivity index (χ2v) is 9.32. The van der Waals surface area contributed by atoms with Crippen molar-refractivity contribution in [2.24, 2.45) is 0 Å². The molecule has 4 aromatic rings. The second-order valence-electron chi connectivity index (χ2n) is 7.44. The van der Waals surface area contributed by atoms with E-state index in [1.165, 1.54) is 22.7 Å². The zero-order valence-corrected chi connectivity index (χ0v) is 20.7. The summed E-state index contributed by atoms with van der Waals surface area (Å²) in [4.78, 5) is 43.4. The van der Waals surface area contributed by atoms with Crippen LogP contribution in [-0.2, 0) is 13.1 Å². The summed E-state index contributed by atoms with van der Waals surface area (Å²) in [6.07, 6.45) is 3.02. The Morgan fingerprint density at radius 2 is 2.03 bits per heavy atom. The van der Waals surface area contributed by atoms with E-state index in [0.717, 1.165) is 21.5 Å². The fraction of sp³-hybridized carbons (Fsp3) is 0.217. The molecule has 3 aromatic heterocycles. The maximum atomic E-state index is 13.9. The highest BCUT2D eigenvalue weighted by molar-refractivity contribution is 9.10. The van der Waals surface area contributed by atoms with Crippen LogP contribution < -0.4 is 21.3 Å². The number of aryl methyl sites for hydroxylation is 1. The molecule has 0 aliphatic carbocycles. The van der Waals surface area contributed by atoms with Crippen LogP contribution in [0.3, 0.4) is 0 Å². The van der Waals surface area contributed by atoms with Crippen LogP contribution in [0.5, 0.6) is 5.88 Å². The first kappa shape index (κ1) is 23.8. The van der Waals surface area contributed by atoms with E-state index in [0.29, 0.717) is 32.9 Å². The molecule has 0 aliphatic heterocycles. The molecule has 0 aliphatic rings. The highest BCUT2D eigenvalue weighted by atomic mass is 79.9. The van der Waals surface area contributed by atoms with Gasteiger partial charge in [0.1, 0.15) is 15.5 Å². The molecule has 0 unspecified atom stereocenters. The summed E-state index contributed by atoms with van der Waals surface area (Å²) in [5.41, 5.74) is 0.526. The molecule has 8 nitrogen and oxygen atoms in total. The Morgan fingerprint density at radius 1 is 1.24 bits per heavy atom. The maximum Gasteiger partial charge on any atom is 0.336 e. The van der Waals surface area contributed by atoms with Crippen LogP contribution in [0.1, 0.15) is 33.3 Å². The number of ether oxygens (including phenoxy) is 1. The monoisotopic (exact) mass is 546 g/mol. The van der Waals surface area contributed by atoms with Gasteiger partial charge >= 0.3 is 5.69 Å². The average molecular weight is 547 g/mol. The number of hydrogen-bond acceptors (Lipinski definition) is 6. The Bertz CT molecular complexity index is 1510. The van der Waals surface area contributed by atoms with Gasteiger partial charge in [-0.05, 0) is 59.1 Å². The molecule has 4 rings (SSSR count). The van der Waals surface area contributed by atoms with Crippen molar-refractivity contribution in [3.05, 3.63) is 95.4 Å². The van der Waals surface area contributed by atoms with Gasteiger partial charge in [0.05, 0.1) is 17.6 Å². The van der Waals surface area contributed by atoms with Crippen LogP contribution in [0.2, 0.25) is 0 Å². The number of amides is 1. The highest BCUT2D eigenvalue weighted by Gasteiger charge is 2.18. The highest BCUT2D eigenvalue weighted by Crippen LogP contribution is 2.20. The summed E-state index contributed by atoms with van der Waals surface area (Å²) in [6.45, 7) is 4.09. The first-order valence-electron chi connectivity index (χ1n) is 10.3. The topological polar surface area (TPSA) is 94.7 Å². The van der Waals surface area contributed by atoms with Gasteiger partial charge in [-0.15, -0.1) is 11.3 Å². The summed E-state index contributed by atoms with van der Waals surface area (Å²) < 4.78 is 21.9. The van der Waals surface area contributed by atoms with Crippen molar-refractivity contribution < 1.29 is 13.9 Å². The molecule has 11 heteroatoms. The largest absolute Gasteiger partial charge is 0.478 e. The predicted octanol–water partition coefficient (Wildman–Crippen LogP) is 3.50. The van der Waals surface area contributed by atoms with Crippen molar-refractivity contribution in [2.45, 2.75) is 26.9 Å². The number of rotatable bonds is 7. The smallest absolute Gasteiger partial charge is 0.336 e. The molecular weight excluding hydrogens is 527 g/mol. The van der Waals surface area contributed by atoms with Crippen LogP contribution in [0, 0.1) is 12.7 Å². The first-order chi connectivity index (χ1) is 16.3. The summed E-state index contributed by atoms with van der Waals surface area (Å²) in [5.74, 6) is -0.395. The van der Waals surface area contributed by atoms with E-state index in [-0.39, 0.29) is 23.9 Å². The number of benzene rings is 1. The van der Waals surface area contributed by atoms with Crippen molar-refractivity contribution >= 4 is 38.0 Å². The minimum Gasteiger partial charge on any atom is -0.478 e. The molecule has 0 bridgehead atoms. The third-order valence-corrected chi connectivity index (χ3v) is 6.94. The molecular formula is C23H20BrFN4O4S. The van der Waals surface area contributed by atoms with Gasteiger partial charge in [-0.3, -0.25) is 18.6 Å². The molecule has 176 valence electrons. The van der Waals surface area contributed by atoms with Crippen molar-refractivity contribution in [1.82, 2.24) is 19.3 Å². The van der Waals surface area contributed by atoms with Crippen molar-refractivity contribution in [2.75, 3.05) is 6.61 Å². The van der Waals surface area contributed by atoms with Gasteiger partial charge in [-0.2, -0.15) is 0 Å². The summed E-state index contributed by atoms with van der Waals surface area (Å²) in [6, 6.07) is 7.92. The van der Waals surface area contributed by atoms with Gasteiger partial charge in [0.25, 0.3) is 11.5 Å². The maximum absolute atomic E-state index is 13.9. The van der Waals surface area contributed by atoms with E-state index in [1.54, 1.807) is 31.3 Å². The third kappa shape index (κ3) is 4.80. The van der Waals surface area contributed by atoms with E-state index in [9.17, 15) is 18.8 Å². The van der Waals surface area contributed by atoms with Crippen molar-refractivity contribution in [3.63, 3.8) is 0 Å². The molecule has 0 radical (unpaired) electrons. The van der Waals surface area contributed by atoms with Crippen LogP contribution in [0.25, 0.3) is 4.83 Å². The number of carbonyl (C=O) groups is 1. The molecule has 1 aromatic carbocycles. The van der Waals surface area contributed by atoms with E-state index >= 15 is 0 Å². The van der Waals surface area contributed by atoms with Gasteiger partial charge in [0.15, 0.2) is 0 Å². The first-order valence-corrected chi connectivity index (χ1v) is 11.9. The summed E-state index contributed by atoms with van der Waals surface area (Å²) in [7, 11) is 0. The Labute approximate surface area is 205 Å². The van der Waals surface area contributed by atoms with E-state index in [2.05, 4.69) is 26.2 Å². The molecule has 34 heavy (non-hydrogen) atoms. The molecule has 3 heterocycles. The van der Waals surface area contributed by atoms with Crippen molar-refractivity contribution in [3.8, 4) is 5.88 Å². The zero-order valence-electron chi connectivity index (χ0n) is 18.3. The lowest BCUT2D eigenvalue weighted by atomic mass is 10.2. The van der Waals surface area contributed by atoms with E-state index in [4.69, 9.17) is 4.74 Å². The number of halogens is 2. The molecule has 0 spiro atoms. The van der Waals surface area contributed by atoms with E-state index < -0.39 is 17.1 Å². The zero-order chi connectivity index (χ0) is 24.4. The van der Waals surface area contributed by atoms with Gasteiger partial charge < -0.3 is 10.1 Å². The lowest BCUT2D eigenvalue weighted by molar-refractivity contribution is 0.0954. The molecule has 0 fully saturated rings. The Balaban J connectivity index is 1.61. The number of thiazole rings is 1. The molecule has 0 saturated carbocycles. The summed E-state index contributed by atoms with van der Waals surface area (Å²) >= 11 is 4.15. The van der Waals surface area contributed by atoms with Gasteiger partial charge in [0.2, 0.25) is 5.88 Å². The number of nitrogens with one attached hydrogen (secondary N) is 1. The fourth-order valence-corrected chi connectivity index (χ4v) is 4.63. The fourth-order valence-electron chi connectivity index (χ4n) is 3.39. The van der Waals surface area contributed by atoms with Gasteiger partial charge in [-0.1, -0.05) is 6.07 Å². The second kappa shape index (κ2) is 9.90. The third-order valence-electron chi connectivity index (χ3n) is 5.09. The standard InChI is InChI=1S/C23H20BrFN4O4S/c1-3-33-19-9-14(6-7-26-19)10-27-20(30)18-12-29-22(34-18)13(2)21(31)28(23(29)32)11-15-4-5-16(24)17(25)8-15/h4-9,12H,3,10-11H2,1-2H3,(H,27,30). The lowest BCUT2D eigenvalue weighted by Gasteiger charge is -2.08. The van der Waals surface area contributed by atoms with Crippen LogP contribution in [-0.4, -0.2) is 26.5 Å². The number of nitrogens with zero attached hydrogens (tertiary/aromatic N) is 3. The van der Waals surface area contributed by atoms with Crippen LogP contribution in [0.4, 0.5) is 4.39 Å². The van der Waals surface area contributed by atoms with Crippen LogP contribution >= 0.6 is 27.3 Å².